The Morgan fingerprint density at radius 1 is 0.846 bits per heavy atom. The van der Waals surface area contributed by atoms with Crippen LogP contribution in [-0.4, -0.2) is 17.3 Å². The highest BCUT2D eigenvalue weighted by Crippen LogP contribution is 2.24. The molecule has 0 aliphatic carbocycles. The summed E-state index contributed by atoms with van der Waals surface area (Å²) in [4.78, 5) is 0. The SMILES string of the molecule is C=CCSS/C=C/CSSCC=C. The van der Waals surface area contributed by atoms with Gasteiger partial charge in [-0.2, -0.15) is 0 Å². The Labute approximate surface area is 96.9 Å². The summed E-state index contributed by atoms with van der Waals surface area (Å²) in [5.74, 6) is 3.10. The fraction of sp³-hybridized carbons (Fsp3) is 0.333. The van der Waals surface area contributed by atoms with Crippen LogP contribution in [0.2, 0.25) is 0 Å². The van der Waals surface area contributed by atoms with Crippen LogP contribution in [-0.2, 0) is 0 Å². The van der Waals surface area contributed by atoms with E-state index in [2.05, 4.69) is 24.6 Å². The van der Waals surface area contributed by atoms with Gasteiger partial charge >= 0.3 is 0 Å². The summed E-state index contributed by atoms with van der Waals surface area (Å²) in [6, 6.07) is 0. The first-order valence-electron chi connectivity index (χ1n) is 3.81. The first-order chi connectivity index (χ1) is 6.41. The van der Waals surface area contributed by atoms with Crippen LogP contribution in [0.3, 0.4) is 0 Å². The lowest BCUT2D eigenvalue weighted by atomic mass is 10.8. The first kappa shape index (κ1) is 13.6. The van der Waals surface area contributed by atoms with E-state index in [0.717, 1.165) is 17.3 Å². The maximum atomic E-state index is 3.66. The Hall–Kier alpha value is 0.620. The smallest absolute Gasteiger partial charge is 0.0226 e. The second kappa shape index (κ2) is 12.6. The van der Waals surface area contributed by atoms with Gasteiger partial charge in [0.15, 0.2) is 0 Å². The molecule has 0 aromatic carbocycles. The standard InChI is InChI=1S/C9H14S4/c1-3-6-10-12-8-5-9-13-11-7-4-2/h3-5,8H,1-2,6-7,9H2/b8-5+. The quantitative estimate of drug-likeness (QED) is 0.332. The van der Waals surface area contributed by atoms with E-state index < -0.39 is 0 Å². The maximum Gasteiger partial charge on any atom is 0.0226 e. The van der Waals surface area contributed by atoms with Crippen molar-refractivity contribution in [1.82, 2.24) is 0 Å². The average Bonchev–Trinajstić information content (AvgIpc) is 2.16. The predicted octanol–water partition coefficient (Wildman–Crippen LogP) is 4.63. The molecule has 0 nitrogen and oxygen atoms in total. The van der Waals surface area contributed by atoms with E-state index in [9.17, 15) is 0 Å². The zero-order valence-electron chi connectivity index (χ0n) is 7.48. The summed E-state index contributed by atoms with van der Waals surface area (Å²) >= 11 is 0. The minimum atomic E-state index is 1.01. The summed E-state index contributed by atoms with van der Waals surface area (Å²) in [7, 11) is 7.26. The van der Waals surface area contributed by atoms with Crippen molar-refractivity contribution in [3.05, 3.63) is 36.8 Å². The van der Waals surface area contributed by atoms with Crippen molar-refractivity contribution in [2.45, 2.75) is 0 Å². The van der Waals surface area contributed by atoms with Crippen LogP contribution < -0.4 is 0 Å². The largest absolute Gasteiger partial charge is 0.102 e. The van der Waals surface area contributed by atoms with Gasteiger partial charge in [-0.05, 0) is 5.41 Å². The van der Waals surface area contributed by atoms with Gasteiger partial charge in [0, 0.05) is 17.3 Å². The van der Waals surface area contributed by atoms with Gasteiger partial charge in [-0.15, -0.1) is 13.2 Å². The molecule has 0 aromatic rings. The fourth-order valence-corrected chi connectivity index (χ4v) is 3.50. The molecule has 0 heterocycles. The van der Waals surface area contributed by atoms with E-state index in [0.29, 0.717) is 0 Å². The van der Waals surface area contributed by atoms with Gasteiger partial charge in [0.2, 0.25) is 0 Å². The highest BCUT2D eigenvalue weighted by atomic mass is 33.1. The minimum absolute atomic E-state index is 1.01. The zero-order valence-corrected chi connectivity index (χ0v) is 10.7. The molecule has 0 fully saturated rings. The van der Waals surface area contributed by atoms with Crippen molar-refractivity contribution in [2.24, 2.45) is 0 Å². The van der Waals surface area contributed by atoms with Crippen molar-refractivity contribution in [3.63, 3.8) is 0 Å². The second-order valence-corrected chi connectivity index (χ2v) is 6.77. The Bertz CT molecular complexity index is 154. The lowest BCUT2D eigenvalue weighted by Gasteiger charge is -1.92. The summed E-state index contributed by atoms with van der Waals surface area (Å²) in [6.45, 7) is 7.31. The van der Waals surface area contributed by atoms with Crippen LogP contribution >= 0.6 is 43.2 Å². The maximum absolute atomic E-state index is 3.66. The molecule has 13 heavy (non-hydrogen) atoms. The molecule has 0 aliphatic rings. The monoisotopic (exact) mass is 250 g/mol. The lowest BCUT2D eigenvalue weighted by molar-refractivity contribution is 1.82. The number of hydrogen-bond donors (Lipinski definition) is 0. The zero-order chi connectivity index (χ0) is 9.78. The van der Waals surface area contributed by atoms with Crippen LogP contribution in [0.5, 0.6) is 0 Å². The van der Waals surface area contributed by atoms with Crippen molar-refractivity contribution in [2.75, 3.05) is 17.3 Å². The molecule has 0 radical (unpaired) electrons. The molecule has 0 unspecified atom stereocenters. The molecule has 0 aromatic heterocycles. The van der Waals surface area contributed by atoms with E-state index in [1.165, 1.54) is 0 Å². The predicted molar refractivity (Wildman–Crippen MR) is 74.5 cm³/mol. The topological polar surface area (TPSA) is 0 Å². The molecule has 0 aliphatic heterocycles. The van der Waals surface area contributed by atoms with E-state index in [1.807, 2.05) is 33.7 Å². The third kappa shape index (κ3) is 12.6. The van der Waals surface area contributed by atoms with Gasteiger partial charge < -0.3 is 0 Å². The molecular weight excluding hydrogens is 236 g/mol. The Morgan fingerprint density at radius 2 is 1.46 bits per heavy atom. The molecule has 4 heteroatoms. The third-order valence-corrected chi connectivity index (χ3v) is 4.98. The van der Waals surface area contributed by atoms with Gasteiger partial charge in [0.25, 0.3) is 0 Å². The molecule has 0 amide bonds. The van der Waals surface area contributed by atoms with Crippen LogP contribution in [0.25, 0.3) is 0 Å². The van der Waals surface area contributed by atoms with E-state index in [1.54, 1.807) is 21.6 Å². The van der Waals surface area contributed by atoms with Gasteiger partial charge in [-0.1, -0.05) is 61.4 Å². The van der Waals surface area contributed by atoms with Gasteiger partial charge in [0.05, 0.1) is 0 Å². The van der Waals surface area contributed by atoms with Crippen molar-refractivity contribution in [3.8, 4) is 0 Å². The van der Waals surface area contributed by atoms with Crippen LogP contribution in [0, 0.1) is 0 Å². The third-order valence-electron chi connectivity index (χ3n) is 0.839. The molecule has 0 saturated heterocycles. The normalized spacial score (nSPS) is 10.5. The van der Waals surface area contributed by atoms with Crippen LogP contribution in [0.1, 0.15) is 0 Å². The van der Waals surface area contributed by atoms with Crippen LogP contribution in [0.15, 0.2) is 36.8 Å². The van der Waals surface area contributed by atoms with Gasteiger partial charge in [0.1, 0.15) is 0 Å². The van der Waals surface area contributed by atoms with Crippen molar-refractivity contribution in [1.29, 1.82) is 0 Å². The van der Waals surface area contributed by atoms with E-state index in [4.69, 9.17) is 0 Å². The average molecular weight is 250 g/mol. The molecule has 0 rings (SSSR count). The van der Waals surface area contributed by atoms with Crippen LogP contribution in [0.4, 0.5) is 0 Å². The highest BCUT2D eigenvalue weighted by molar-refractivity contribution is 8.78. The summed E-state index contributed by atoms with van der Waals surface area (Å²) < 4.78 is 0. The first-order valence-corrected chi connectivity index (χ1v) is 8.68. The molecular formula is C9H14S4. The van der Waals surface area contributed by atoms with E-state index >= 15 is 0 Å². The molecule has 74 valence electrons. The summed E-state index contributed by atoms with van der Waals surface area (Å²) in [5.41, 5.74) is 0. The molecule has 0 bridgehead atoms. The van der Waals surface area contributed by atoms with Gasteiger partial charge in [-0.3, -0.25) is 0 Å². The molecule has 0 N–H and O–H groups in total. The Kier molecular flexibility index (Phi) is 13.2. The van der Waals surface area contributed by atoms with Crippen molar-refractivity contribution >= 4 is 43.2 Å². The minimum Gasteiger partial charge on any atom is -0.102 e. The molecule has 0 saturated carbocycles. The lowest BCUT2D eigenvalue weighted by Crippen LogP contribution is -1.66. The van der Waals surface area contributed by atoms with E-state index in [-0.39, 0.29) is 0 Å². The fourth-order valence-electron chi connectivity index (χ4n) is 0.389. The molecule has 0 spiro atoms. The molecule has 0 atom stereocenters. The second-order valence-electron chi connectivity index (χ2n) is 1.90. The van der Waals surface area contributed by atoms with Crippen molar-refractivity contribution < 1.29 is 0 Å². The number of rotatable bonds is 9. The summed E-state index contributed by atoms with van der Waals surface area (Å²) in [6.07, 6.45) is 6.03. The van der Waals surface area contributed by atoms with Gasteiger partial charge in [-0.25, -0.2) is 0 Å². The number of hydrogen-bond acceptors (Lipinski definition) is 4. The highest BCUT2D eigenvalue weighted by Gasteiger charge is 1.83. The Balaban J connectivity index is 3.02. The summed E-state index contributed by atoms with van der Waals surface area (Å²) in [5, 5.41) is 2.13. The Morgan fingerprint density at radius 3 is 2.15 bits per heavy atom.